The summed E-state index contributed by atoms with van der Waals surface area (Å²) in [4.78, 5) is 11.5. The van der Waals surface area contributed by atoms with Gasteiger partial charge >= 0.3 is 12.1 Å². The fourth-order valence-electron chi connectivity index (χ4n) is 1.16. The third kappa shape index (κ3) is 3.13. The molecule has 0 aliphatic rings. The van der Waals surface area contributed by atoms with Crippen molar-refractivity contribution in [3.63, 3.8) is 0 Å². The van der Waals surface area contributed by atoms with Crippen molar-refractivity contribution in [3.05, 3.63) is 32.8 Å². The van der Waals surface area contributed by atoms with Crippen molar-refractivity contribution in [2.24, 2.45) is 0 Å². The Bertz CT molecular complexity index is 446. The van der Waals surface area contributed by atoms with Crippen molar-refractivity contribution in [1.29, 1.82) is 0 Å². The Morgan fingerprint density at radius 1 is 1.47 bits per heavy atom. The molecule has 0 saturated carbocycles. The van der Waals surface area contributed by atoms with Crippen LogP contribution in [0.4, 0.5) is 13.2 Å². The first-order chi connectivity index (χ1) is 7.79. The predicted molar refractivity (Wildman–Crippen MR) is 60.1 cm³/mol. The zero-order valence-electron chi connectivity index (χ0n) is 8.57. The highest BCUT2D eigenvalue weighted by atomic mass is 79.9. The molecule has 0 N–H and O–H groups in total. The van der Waals surface area contributed by atoms with Crippen LogP contribution in [0, 0.1) is 0 Å². The van der Waals surface area contributed by atoms with E-state index >= 15 is 0 Å². The molecule has 17 heavy (non-hydrogen) atoms. The third-order valence-corrected chi connectivity index (χ3v) is 2.93. The van der Waals surface area contributed by atoms with Gasteiger partial charge in [0.1, 0.15) is 0 Å². The summed E-state index contributed by atoms with van der Waals surface area (Å²) < 4.78 is 42.5. The normalized spacial score (nSPS) is 11.4. The SMILES string of the molecule is CCOC(=O)c1c(Br)ccc(C(F)(F)F)c1Cl. The average Bonchev–Trinajstić information content (AvgIpc) is 2.15. The molecule has 2 nitrogen and oxygen atoms in total. The van der Waals surface area contributed by atoms with E-state index in [1.807, 2.05) is 0 Å². The van der Waals surface area contributed by atoms with E-state index in [4.69, 9.17) is 11.6 Å². The largest absolute Gasteiger partial charge is 0.462 e. The number of hydrogen-bond acceptors (Lipinski definition) is 2. The minimum Gasteiger partial charge on any atom is -0.462 e. The van der Waals surface area contributed by atoms with Crippen LogP contribution in [0.25, 0.3) is 0 Å². The molecule has 0 aromatic heterocycles. The van der Waals surface area contributed by atoms with E-state index in [1.165, 1.54) is 0 Å². The van der Waals surface area contributed by atoms with E-state index in [9.17, 15) is 18.0 Å². The van der Waals surface area contributed by atoms with Crippen LogP contribution in [0.5, 0.6) is 0 Å². The van der Waals surface area contributed by atoms with Crippen LogP contribution in [0.1, 0.15) is 22.8 Å². The van der Waals surface area contributed by atoms with Gasteiger partial charge in [0.2, 0.25) is 0 Å². The van der Waals surface area contributed by atoms with Gasteiger partial charge in [0, 0.05) is 4.47 Å². The number of esters is 1. The lowest BCUT2D eigenvalue weighted by atomic mass is 10.1. The minimum atomic E-state index is -4.61. The summed E-state index contributed by atoms with van der Waals surface area (Å²) in [6, 6.07) is 1.91. The molecule has 0 spiro atoms. The molecule has 0 aliphatic heterocycles. The van der Waals surface area contributed by atoms with Crippen molar-refractivity contribution in [1.82, 2.24) is 0 Å². The van der Waals surface area contributed by atoms with Crippen LogP contribution in [-0.4, -0.2) is 12.6 Å². The molecule has 0 fully saturated rings. The topological polar surface area (TPSA) is 26.3 Å². The van der Waals surface area contributed by atoms with Crippen LogP contribution < -0.4 is 0 Å². The Labute approximate surface area is 109 Å². The lowest BCUT2D eigenvalue weighted by Crippen LogP contribution is -2.12. The average molecular weight is 332 g/mol. The highest BCUT2D eigenvalue weighted by Gasteiger charge is 2.35. The van der Waals surface area contributed by atoms with E-state index in [0.717, 1.165) is 12.1 Å². The summed E-state index contributed by atoms with van der Waals surface area (Å²) in [6.07, 6.45) is -4.61. The van der Waals surface area contributed by atoms with Crippen molar-refractivity contribution in [2.75, 3.05) is 6.61 Å². The molecule has 0 amide bonds. The molecule has 0 atom stereocenters. The van der Waals surface area contributed by atoms with E-state index in [1.54, 1.807) is 6.92 Å². The summed E-state index contributed by atoms with van der Waals surface area (Å²) in [7, 11) is 0. The van der Waals surface area contributed by atoms with Gasteiger partial charge < -0.3 is 4.74 Å². The first kappa shape index (κ1) is 14.3. The molecule has 0 saturated heterocycles. The molecule has 7 heteroatoms. The fourth-order valence-corrected chi connectivity index (χ4v) is 2.12. The molecular formula is C10H7BrClF3O2. The number of carbonyl (C=O) groups is 1. The molecule has 0 unspecified atom stereocenters. The summed E-state index contributed by atoms with van der Waals surface area (Å²) >= 11 is 8.54. The van der Waals surface area contributed by atoms with Gasteiger partial charge in [-0.25, -0.2) is 4.79 Å². The van der Waals surface area contributed by atoms with E-state index in [0.29, 0.717) is 0 Å². The Kier molecular flexibility index (Phi) is 4.43. The second-order valence-electron chi connectivity index (χ2n) is 3.00. The minimum absolute atomic E-state index is 0.0534. The second-order valence-corrected chi connectivity index (χ2v) is 4.23. The van der Waals surface area contributed by atoms with E-state index < -0.39 is 22.7 Å². The first-order valence-corrected chi connectivity index (χ1v) is 5.68. The zero-order valence-corrected chi connectivity index (χ0v) is 10.9. The predicted octanol–water partition coefficient (Wildman–Crippen LogP) is 4.30. The molecule has 0 radical (unpaired) electrons. The summed E-state index contributed by atoms with van der Waals surface area (Å²) in [6.45, 7) is 1.60. The van der Waals surface area contributed by atoms with Crippen molar-refractivity contribution in [3.8, 4) is 0 Å². The summed E-state index contributed by atoms with van der Waals surface area (Å²) in [5.41, 5.74) is -1.38. The molecule has 0 aliphatic carbocycles. The van der Waals surface area contributed by atoms with Gasteiger partial charge in [-0.05, 0) is 35.0 Å². The van der Waals surface area contributed by atoms with Crippen molar-refractivity contribution in [2.45, 2.75) is 13.1 Å². The highest BCUT2D eigenvalue weighted by Crippen LogP contribution is 2.39. The van der Waals surface area contributed by atoms with Gasteiger partial charge in [-0.2, -0.15) is 13.2 Å². The molecule has 1 aromatic rings. The maximum absolute atomic E-state index is 12.6. The van der Waals surface area contributed by atoms with E-state index in [-0.39, 0.29) is 16.6 Å². The summed E-state index contributed by atoms with van der Waals surface area (Å²) in [5.74, 6) is -0.893. The van der Waals surface area contributed by atoms with Gasteiger partial charge in [-0.1, -0.05) is 11.6 Å². The fraction of sp³-hybridized carbons (Fsp3) is 0.300. The smallest absolute Gasteiger partial charge is 0.417 e. The number of carbonyl (C=O) groups excluding carboxylic acids is 1. The lowest BCUT2D eigenvalue weighted by Gasteiger charge is -2.13. The number of ether oxygens (including phenoxy) is 1. The lowest BCUT2D eigenvalue weighted by molar-refractivity contribution is -0.137. The van der Waals surface area contributed by atoms with Gasteiger partial charge in [-0.15, -0.1) is 0 Å². The van der Waals surface area contributed by atoms with Gasteiger partial charge in [0.05, 0.1) is 22.8 Å². The Morgan fingerprint density at radius 3 is 2.53 bits per heavy atom. The van der Waals surface area contributed by atoms with Gasteiger partial charge in [-0.3, -0.25) is 0 Å². The highest BCUT2D eigenvalue weighted by molar-refractivity contribution is 9.10. The summed E-state index contributed by atoms with van der Waals surface area (Å²) in [5, 5.41) is -0.662. The first-order valence-electron chi connectivity index (χ1n) is 4.51. The Hall–Kier alpha value is -0.750. The number of halogens is 5. The van der Waals surface area contributed by atoms with Crippen LogP contribution >= 0.6 is 27.5 Å². The zero-order chi connectivity index (χ0) is 13.2. The maximum atomic E-state index is 12.6. The number of rotatable bonds is 2. The van der Waals surface area contributed by atoms with Crippen LogP contribution in [-0.2, 0) is 10.9 Å². The molecule has 0 bridgehead atoms. The monoisotopic (exact) mass is 330 g/mol. The molecule has 1 rings (SSSR count). The van der Waals surface area contributed by atoms with E-state index in [2.05, 4.69) is 20.7 Å². The van der Waals surface area contributed by atoms with Gasteiger partial charge in [0.15, 0.2) is 0 Å². The third-order valence-electron chi connectivity index (χ3n) is 1.88. The molecule has 1 aromatic carbocycles. The number of benzene rings is 1. The number of hydrogen-bond donors (Lipinski definition) is 0. The Balaban J connectivity index is 3.35. The second kappa shape index (κ2) is 5.27. The quantitative estimate of drug-likeness (QED) is 0.755. The van der Waals surface area contributed by atoms with Crippen LogP contribution in [0.3, 0.4) is 0 Å². The Morgan fingerprint density at radius 2 is 2.06 bits per heavy atom. The van der Waals surface area contributed by atoms with Crippen LogP contribution in [0.2, 0.25) is 5.02 Å². The molecule has 0 heterocycles. The number of alkyl halides is 3. The van der Waals surface area contributed by atoms with Crippen molar-refractivity contribution >= 4 is 33.5 Å². The van der Waals surface area contributed by atoms with Gasteiger partial charge in [0.25, 0.3) is 0 Å². The standard InChI is InChI=1S/C10H7BrClF3O2/c1-2-17-9(16)7-6(11)4-3-5(8(7)12)10(13,14)15/h3-4H,2H2,1H3. The molecular weight excluding hydrogens is 324 g/mol. The molecule has 94 valence electrons. The van der Waals surface area contributed by atoms with Crippen LogP contribution in [0.15, 0.2) is 16.6 Å². The van der Waals surface area contributed by atoms with Crippen molar-refractivity contribution < 1.29 is 22.7 Å². The maximum Gasteiger partial charge on any atom is 0.417 e.